The fraction of sp³-hybridized carbons (Fsp3) is 0.769. The van der Waals surface area contributed by atoms with E-state index in [-0.39, 0.29) is 37.0 Å². The van der Waals surface area contributed by atoms with Crippen LogP contribution in [0, 0.1) is 5.92 Å². The molecular weight excluding hydrogens is 264 g/mol. The number of hydrogen-bond acceptors (Lipinski definition) is 4. The number of nitrogens with one attached hydrogen (secondary N) is 2. The van der Waals surface area contributed by atoms with Gasteiger partial charge in [0.2, 0.25) is 5.91 Å². The molecule has 0 saturated carbocycles. The van der Waals surface area contributed by atoms with Crippen LogP contribution in [-0.4, -0.2) is 41.3 Å². The van der Waals surface area contributed by atoms with Crippen molar-refractivity contribution >= 4 is 17.9 Å². The number of ether oxygens (including phenoxy) is 1. The molecule has 0 aromatic carbocycles. The van der Waals surface area contributed by atoms with Crippen LogP contribution in [0.4, 0.5) is 4.79 Å². The highest BCUT2D eigenvalue weighted by atomic mass is 16.5. The summed E-state index contributed by atoms with van der Waals surface area (Å²) in [5, 5.41) is 13.6. The summed E-state index contributed by atoms with van der Waals surface area (Å²) in [6, 6.07) is -0.559. The maximum absolute atomic E-state index is 11.7. The molecule has 20 heavy (non-hydrogen) atoms. The van der Waals surface area contributed by atoms with Crippen LogP contribution in [0.3, 0.4) is 0 Å². The molecule has 112 valence electrons. The summed E-state index contributed by atoms with van der Waals surface area (Å²) < 4.78 is 5.61. The fourth-order valence-corrected chi connectivity index (χ4v) is 2.86. The zero-order valence-corrected chi connectivity index (χ0v) is 11.4. The average Bonchev–Trinajstić information content (AvgIpc) is 2.88. The fourth-order valence-electron chi connectivity index (χ4n) is 2.86. The third-order valence-electron chi connectivity index (χ3n) is 3.73. The molecule has 2 heterocycles. The van der Waals surface area contributed by atoms with Crippen molar-refractivity contribution in [3.05, 3.63) is 0 Å². The summed E-state index contributed by atoms with van der Waals surface area (Å²) in [5.74, 6) is -1.71. The number of imide groups is 1. The van der Waals surface area contributed by atoms with Crippen LogP contribution in [0.2, 0.25) is 0 Å². The second-order valence-electron chi connectivity index (χ2n) is 5.64. The summed E-state index contributed by atoms with van der Waals surface area (Å²) in [4.78, 5) is 33.7. The largest absolute Gasteiger partial charge is 0.481 e. The van der Waals surface area contributed by atoms with Gasteiger partial charge in [-0.25, -0.2) is 4.79 Å². The van der Waals surface area contributed by atoms with Gasteiger partial charge in [-0.1, -0.05) is 6.92 Å². The minimum absolute atomic E-state index is 0.0208. The molecule has 0 spiro atoms. The van der Waals surface area contributed by atoms with Gasteiger partial charge in [-0.3, -0.25) is 14.9 Å². The van der Waals surface area contributed by atoms with Crippen molar-refractivity contribution in [2.45, 2.75) is 57.3 Å². The van der Waals surface area contributed by atoms with Crippen LogP contribution < -0.4 is 10.6 Å². The van der Waals surface area contributed by atoms with Crippen molar-refractivity contribution < 1.29 is 24.2 Å². The molecule has 4 unspecified atom stereocenters. The first-order valence-electron chi connectivity index (χ1n) is 6.91. The second-order valence-corrected chi connectivity index (χ2v) is 5.64. The lowest BCUT2D eigenvalue weighted by Gasteiger charge is -2.20. The molecule has 0 aliphatic carbocycles. The summed E-state index contributed by atoms with van der Waals surface area (Å²) in [7, 11) is 0. The van der Waals surface area contributed by atoms with E-state index >= 15 is 0 Å². The summed E-state index contributed by atoms with van der Waals surface area (Å²) in [5.41, 5.74) is 0. The summed E-state index contributed by atoms with van der Waals surface area (Å²) in [6.45, 7) is 1.66. The Labute approximate surface area is 117 Å². The Morgan fingerprint density at radius 2 is 2.05 bits per heavy atom. The molecule has 4 atom stereocenters. The zero-order chi connectivity index (χ0) is 14.7. The molecule has 3 N–H and O–H groups in total. The maximum Gasteiger partial charge on any atom is 0.321 e. The Hall–Kier alpha value is -1.63. The smallest absolute Gasteiger partial charge is 0.321 e. The topological polar surface area (TPSA) is 105 Å². The standard InChI is InChI=1S/C13H20N2O5/c1-7(5-12(17)18)4-11(16)15-13(19)14-9-6-8-2-3-10(9)20-8/h7-10H,2-6H2,1H3,(H,17,18)(H2,14,15,16,19). The number of hydrogen-bond donors (Lipinski definition) is 3. The third-order valence-corrected chi connectivity index (χ3v) is 3.73. The van der Waals surface area contributed by atoms with Crippen molar-refractivity contribution in [1.82, 2.24) is 10.6 Å². The van der Waals surface area contributed by atoms with Gasteiger partial charge in [-0.05, 0) is 25.2 Å². The second kappa shape index (κ2) is 6.21. The van der Waals surface area contributed by atoms with E-state index in [9.17, 15) is 14.4 Å². The van der Waals surface area contributed by atoms with Crippen molar-refractivity contribution in [1.29, 1.82) is 0 Å². The molecule has 3 amide bonds. The van der Waals surface area contributed by atoms with E-state index in [1.165, 1.54) is 0 Å². The third kappa shape index (κ3) is 3.93. The van der Waals surface area contributed by atoms with Crippen molar-refractivity contribution in [3.63, 3.8) is 0 Å². The van der Waals surface area contributed by atoms with E-state index < -0.39 is 17.9 Å². The number of carbonyl (C=O) groups excluding carboxylic acids is 2. The Balaban J connectivity index is 1.69. The van der Waals surface area contributed by atoms with Crippen molar-refractivity contribution in [2.75, 3.05) is 0 Å². The van der Waals surface area contributed by atoms with Gasteiger partial charge in [-0.15, -0.1) is 0 Å². The predicted molar refractivity (Wildman–Crippen MR) is 69.0 cm³/mol. The molecule has 7 nitrogen and oxygen atoms in total. The zero-order valence-electron chi connectivity index (χ0n) is 11.4. The number of urea groups is 1. The molecule has 0 radical (unpaired) electrons. The molecular formula is C13H20N2O5. The molecule has 7 heteroatoms. The maximum atomic E-state index is 11.7. The minimum atomic E-state index is -0.950. The first kappa shape index (κ1) is 14.8. The van der Waals surface area contributed by atoms with E-state index in [1.54, 1.807) is 6.92 Å². The lowest BCUT2D eigenvalue weighted by atomic mass is 9.96. The molecule has 2 fully saturated rings. The normalized spacial score (nSPS) is 28.9. The first-order chi connectivity index (χ1) is 9.44. The number of aliphatic carboxylic acids is 1. The first-order valence-corrected chi connectivity index (χ1v) is 6.91. The van der Waals surface area contributed by atoms with E-state index in [0.29, 0.717) is 0 Å². The summed E-state index contributed by atoms with van der Waals surface area (Å²) >= 11 is 0. The number of fused-ring (bicyclic) bond motifs is 2. The van der Waals surface area contributed by atoms with Crippen molar-refractivity contribution in [3.8, 4) is 0 Å². The van der Waals surface area contributed by atoms with E-state index in [2.05, 4.69) is 10.6 Å². The van der Waals surface area contributed by atoms with Crippen LogP contribution in [-0.2, 0) is 14.3 Å². The lowest BCUT2D eigenvalue weighted by Crippen LogP contribution is -2.48. The number of carboxylic acids is 1. The minimum Gasteiger partial charge on any atom is -0.481 e. The number of carboxylic acid groups (broad SMARTS) is 1. The van der Waals surface area contributed by atoms with Gasteiger partial charge < -0.3 is 15.2 Å². The van der Waals surface area contributed by atoms with Gasteiger partial charge in [0.15, 0.2) is 0 Å². The van der Waals surface area contributed by atoms with Gasteiger partial charge in [0.05, 0.1) is 18.2 Å². The van der Waals surface area contributed by atoms with Crippen LogP contribution >= 0.6 is 0 Å². The molecule has 0 aromatic rings. The number of rotatable bonds is 5. The van der Waals surface area contributed by atoms with Gasteiger partial charge >= 0.3 is 12.0 Å². The summed E-state index contributed by atoms with van der Waals surface area (Å²) in [6.07, 6.45) is 3.00. The molecule has 0 aromatic heterocycles. The highest BCUT2D eigenvalue weighted by molar-refractivity contribution is 5.94. The number of amides is 3. The Bertz CT molecular complexity index is 412. The van der Waals surface area contributed by atoms with Crippen LogP contribution in [0.1, 0.15) is 39.0 Å². The number of carbonyl (C=O) groups is 3. The van der Waals surface area contributed by atoms with Crippen molar-refractivity contribution in [2.24, 2.45) is 5.92 Å². The molecule has 2 aliphatic heterocycles. The Morgan fingerprint density at radius 1 is 1.30 bits per heavy atom. The van der Waals surface area contributed by atoms with Gasteiger partial charge in [0, 0.05) is 12.8 Å². The quantitative estimate of drug-likeness (QED) is 0.687. The van der Waals surface area contributed by atoms with Crippen LogP contribution in [0.15, 0.2) is 0 Å². The van der Waals surface area contributed by atoms with Gasteiger partial charge in [-0.2, -0.15) is 0 Å². The van der Waals surface area contributed by atoms with Gasteiger partial charge in [0.1, 0.15) is 0 Å². The molecule has 2 saturated heterocycles. The SMILES string of the molecule is CC(CC(=O)O)CC(=O)NC(=O)NC1CC2CCC1O2. The van der Waals surface area contributed by atoms with Crippen LogP contribution in [0.5, 0.6) is 0 Å². The monoisotopic (exact) mass is 284 g/mol. The van der Waals surface area contributed by atoms with Gasteiger partial charge in [0.25, 0.3) is 0 Å². The van der Waals surface area contributed by atoms with E-state index in [0.717, 1.165) is 19.3 Å². The molecule has 2 rings (SSSR count). The average molecular weight is 284 g/mol. The Morgan fingerprint density at radius 3 is 2.60 bits per heavy atom. The van der Waals surface area contributed by atoms with Crippen LogP contribution in [0.25, 0.3) is 0 Å². The molecule has 2 bridgehead atoms. The molecule has 2 aliphatic rings. The highest BCUT2D eigenvalue weighted by Crippen LogP contribution is 2.34. The van der Waals surface area contributed by atoms with E-state index in [1.807, 2.05) is 0 Å². The highest BCUT2D eigenvalue weighted by Gasteiger charge is 2.41. The predicted octanol–water partition coefficient (Wildman–Crippen LogP) is 0.633. The van der Waals surface area contributed by atoms with E-state index in [4.69, 9.17) is 9.84 Å². The lowest BCUT2D eigenvalue weighted by molar-refractivity contribution is -0.138. The Kier molecular flexibility index (Phi) is 4.59.